The summed E-state index contributed by atoms with van der Waals surface area (Å²) in [5.41, 5.74) is 0.863. The van der Waals surface area contributed by atoms with Crippen LogP contribution in [-0.2, 0) is 14.3 Å². The van der Waals surface area contributed by atoms with Gasteiger partial charge in [0.2, 0.25) is 0 Å². The van der Waals surface area contributed by atoms with Gasteiger partial charge >= 0.3 is 17.9 Å². The summed E-state index contributed by atoms with van der Waals surface area (Å²) in [6.45, 7) is 4.13. The Morgan fingerprint density at radius 3 is 2.24 bits per heavy atom. The smallest absolute Gasteiger partial charge is 0.349 e. The number of ether oxygens (including phenoxy) is 2. The van der Waals surface area contributed by atoms with Gasteiger partial charge in [-0.25, -0.2) is 4.79 Å². The zero-order valence-corrected chi connectivity index (χ0v) is 9.77. The minimum absolute atomic E-state index is 0.0426. The Morgan fingerprint density at radius 1 is 1.06 bits per heavy atom. The van der Waals surface area contributed by atoms with Crippen molar-refractivity contribution in [1.82, 2.24) is 0 Å². The summed E-state index contributed by atoms with van der Waals surface area (Å²) < 4.78 is 9.31. The predicted molar refractivity (Wildman–Crippen MR) is 58.6 cm³/mol. The standard InChI is InChI=1S/C12H12O5/c1-7-4-5-10(12(15)17-9(3)14)11(6-7)16-8(2)13/h4-6H,1-3H3. The molecular formula is C12H12O5. The van der Waals surface area contributed by atoms with E-state index in [-0.39, 0.29) is 11.3 Å². The van der Waals surface area contributed by atoms with Gasteiger partial charge in [0.1, 0.15) is 11.3 Å². The Labute approximate surface area is 98.3 Å². The molecule has 0 saturated heterocycles. The predicted octanol–water partition coefficient (Wildman–Crippen LogP) is 1.62. The van der Waals surface area contributed by atoms with Gasteiger partial charge in [0.25, 0.3) is 0 Å². The van der Waals surface area contributed by atoms with E-state index in [9.17, 15) is 14.4 Å². The third-order valence-electron chi connectivity index (χ3n) is 1.85. The molecule has 0 heterocycles. The molecule has 0 bridgehead atoms. The molecule has 0 aliphatic carbocycles. The Kier molecular flexibility index (Phi) is 3.98. The van der Waals surface area contributed by atoms with Crippen LogP contribution in [0.5, 0.6) is 5.75 Å². The van der Waals surface area contributed by atoms with Gasteiger partial charge in [-0.15, -0.1) is 0 Å². The van der Waals surface area contributed by atoms with Crippen molar-refractivity contribution in [3.05, 3.63) is 29.3 Å². The minimum Gasteiger partial charge on any atom is -0.426 e. The zero-order valence-electron chi connectivity index (χ0n) is 9.77. The summed E-state index contributed by atoms with van der Waals surface area (Å²) in [6, 6.07) is 4.63. The molecule has 5 heteroatoms. The lowest BCUT2D eigenvalue weighted by molar-refractivity contribution is -0.135. The van der Waals surface area contributed by atoms with Crippen molar-refractivity contribution in [2.75, 3.05) is 0 Å². The topological polar surface area (TPSA) is 69.7 Å². The van der Waals surface area contributed by atoms with Gasteiger partial charge in [-0.2, -0.15) is 0 Å². The van der Waals surface area contributed by atoms with Gasteiger partial charge in [0, 0.05) is 13.8 Å². The molecule has 0 aromatic heterocycles. The van der Waals surface area contributed by atoms with Crippen LogP contribution in [-0.4, -0.2) is 17.9 Å². The molecule has 0 fully saturated rings. The van der Waals surface area contributed by atoms with Crippen molar-refractivity contribution in [3.8, 4) is 5.75 Å². The molecule has 17 heavy (non-hydrogen) atoms. The van der Waals surface area contributed by atoms with Crippen LogP contribution in [0.1, 0.15) is 29.8 Å². The number of rotatable bonds is 2. The van der Waals surface area contributed by atoms with Crippen molar-refractivity contribution in [2.24, 2.45) is 0 Å². The van der Waals surface area contributed by atoms with E-state index in [4.69, 9.17) is 4.74 Å². The van der Waals surface area contributed by atoms with Crippen LogP contribution < -0.4 is 4.74 Å². The summed E-state index contributed by atoms with van der Waals surface area (Å²) in [7, 11) is 0. The van der Waals surface area contributed by atoms with Crippen molar-refractivity contribution < 1.29 is 23.9 Å². The molecule has 0 unspecified atom stereocenters. The van der Waals surface area contributed by atoms with E-state index in [1.807, 2.05) is 0 Å². The minimum atomic E-state index is -0.839. The molecule has 0 aliphatic rings. The average molecular weight is 236 g/mol. The van der Waals surface area contributed by atoms with Crippen LogP contribution in [0.25, 0.3) is 0 Å². The normalized spacial score (nSPS) is 9.59. The SMILES string of the molecule is CC(=O)OC(=O)c1ccc(C)cc1OC(C)=O. The Balaban J connectivity index is 3.09. The van der Waals surface area contributed by atoms with E-state index in [0.29, 0.717) is 0 Å². The monoisotopic (exact) mass is 236 g/mol. The van der Waals surface area contributed by atoms with Gasteiger partial charge in [-0.1, -0.05) is 6.07 Å². The number of esters is 3. The molecule has 0 atom stereocenters. The lowest BCUT2D eigenvalue weighted by Gasteiger charge is -2.08. The Morgan fingerprint density at radius 2 is 1.71 bits per heavy atom. The summed E-state index contributed by atoms with van der Waals surface area (Å²) in [4.78, 5) is 33.1. The maximum atomic E-state index is 11.5. The fourth-order valence-electron chi connectivity index (χ4n) is 1.22. The highest BCUT2D eigenvalue weighted by atomic mass is 16.6. The van der Waals surface area contributed by atoms with Crippen LogP contribution in [0.2, 0.25) is 0 Å². The highest BCUT2D eigenvalue weighted by molar-refractivity contribution is 5.99. The highest BCUT2D eigenvalue weighted by Crippen LogP contribution is 2.21. The molecule has 0 saturated carbocycles. The third-order valence-corrected chi connectivity index (χ3v) is 1.85. The molecule has 1 aromatic rings. The van der Waals surface area contributed by atoms with E-state index < -0.39 is 17.9 Å². The number of carbonyl (C=O) groups excluding carboxylic acids is 3. The summed E-state index contributed by atoms with van der Waals surface area (Å²) >= 11 is 0. The van der Waals surface area contributed by atoms with Crippen molar-refractivity contribution in [1.29, 1.82) is 0 Å². The first-order chi connectivity index (χ1) is 7.90. The molecule has 0 amide bonds. The lowest BCUT2D eigenvalue weighted by Crippen LogP contribution is -2.12. The molecule has 90 valence electrons. The van der Waals surface area contributed by atoms with Gasteiger partial charge in [0.05, 0.1) is 0 Å². The summed E-state index contributed by atoms with van der Waals surface area (Å²) in [6.07, 6.45) is 0. The third kappa shape index (κ3) is 3.71. The van der Waals surface area contributed by atoms with E-state index in [1.165, 1.54) is 19.1 Å². The molecule has 0 aliphatic heterocycles. The fraction of sp³-hybridized carbons (Fsp3) is 0.250. The van der Waals surface area contributed by atoms with Crippen LogP contribution in [0.4, 0.5) is 0 Å². The Hall–Kier alpha value is -2.17. The van der Waals surface area contributed by atoms with Gasteiger partial charge in [-0.3, -0.25) is 9.59 Å². The number of benzene rings is 1. The van der Waals surface area contributed by atoms with Crippen LogP contribution in [0.15, 0.2) is 18.2 Å². The first-order valence-electron chi connectivity index (χ1n) is 4.92. The lowest BCUT2D eigenvalue weighted by atomic mass is 10.1. The molecule has 1 rings (SSSR count). The van der Waals surface area contributed by atoms with Gasteiger partial charge in [0.15, 0.2) is 0 Å². The van der Waals surface area contributed by atoms with Crippen LogP contribution in [0, 0.1) is 6.92 Å². The van der Waals surface area contributed by atoms with Gasteiger partial charge in [-0.05, 0) is 24.6 Å². The zero-order chi connectivity index (χ0) is 13.0. The summed E-state index contributed by atoms with van der Waals surface area (Å²) in [5, 5.41) is 0. The molecule has 0 N–H and O–H groups in total. The summed E-state index contributed by atoms with van der Waals surface area (Å²) in [5.74, 6) is -2.02. The second-order valence-corrected chi connectivity index (χ2v) is 3.47. The second kappa shape index (κ2) is 5.25. The van der Waals surface area contributed by atoms with E-state index in [2.05, 4.69) is 4.74 Å². The number of hydrogen-bond donors (Lipinski definition) is 0. The highest BCUT2D eigenvalue weighted by Gasteiger charge is 2.17. The van der Waals surface area contributed by atoms with Crippen molar-refractivity contribution >= 4 is 17.9 Å². The van der Waals surface area contributed by atoms with E-state index in [0.717, 1.165) is 12.5 Å². The van der Waals surface area contributed by atoms with E-state index >= 15 is 0 Å². The van der Waals surface area contributed by atoms with Crippen LogP contribution >= 0.6 is 0 Å². The molecule has 5 nitrogen and oxygen atoms in total. The average Bonchev–Trinajstić information content (AvgIpc) is 2.15. The second-order valence-electron chi connectivity index (χ2n) is 3.47. The largest absolute Gasteiger partial charge is 0.426 e. The fourth-order valence-corrected chi connectivity index (χ4v) is 1.22. The molecule has 0 spiro atoms. The van der Waals surface area contributed by atoms with Crippen molar-refractivity contribution in [3.63, 3.8) is 0 Å². The van der Waals surface area contributed by atoms with Gasteiger partial charge < -0.3 is 9.47 Å². The maximum Gasteiger partial charge on any atom is 0.349 e. The molecule has 1 aromatic carbocycles. The molecular weight excluding hydrogens is 224 g/mol. The number of hydrogen-bond acceptors (Lipinski definition) is 5. The van der Waals surface area contributed by atoms with E-state index in [1.54, 1.807) is 13.0 Å². The number of aryl methyl sites for hydroxylation is 1. The van der Waals surface area contributed by atoms with Crippen LogP contribution in [0.3, 0.4) is 0 Å². The van der Waals surface area contributed by atoms with Crippen molar-refractivity contribution in [2.45, 2.75) is 20.8 Å². The first kappa shape index (κ1) is 12.9. The maximum absolute atomic E-state index is 11.5. The quantitative estimate of drug-likeness (QED) is 0.443. The number of carbonyl (C=O) groups is 3. The Bertz CT molecular complexity index is 476. The first-order valence-corrected chi connectivity index (χ1v) is 4.92. The molecule has 0 radical (unpaired) electrons.